The molecule has 0 aliphatic carbocycles. The first-order valence-corrected chi connectivity index (χ1v) is 11.3. The van der Waals surface area contributed by atoms with Crippen LogP contribution in [0.2, 0.25) is 10.0 Å². The van der Waals surface area contributed by atoms with E-state index in [1.54, 1.807) is 13.2 Å². The Kier molecular flexibility index (Phi) is 7.63. The summed E-state index contributed by atoms with van der Waals surface area (Å²) in [5.74, 6) is 1.23. The Morgan fingerprint density at radius 1 is 0.969 bits per heavy atom. The monoisotopic (exact) mass is 472 g/mol. The molecular weight excluding hydrogens is 447 g/mol. The maximum absolute atomic E-state index is 6.54. The SMILES string of the molecule is COc1cc(CNc2ccc(N3CCOCC3)cc2)c(Cl)cc1OCc1cccc(Cl)c1. The van der Waals surface area contributed by atoms with E-state index in [1.807, 2.05) is 30.3 Å². The van der Waals surface area contributed by atoms with Gasteiger partial charge in [0.2, 0.25) is 0 Å². The van der Waals surface area contributed by atoms with Gasteiger partial charge < -0.3 is 24.4 Å². The van der Waals surface area contributed by atoms with Gasteiger partial charge in [0, 0.05) is 47.1 Å². The number of anilines is 2. The van der Waals surface area contributed by atoms with Gasteiger partial charge in [0.15, 0.2) is 11.5 Å². The molecule has 3 aromatic carbocycles. The van der Waals surface area contributed by atoms with Gasteiger partial charge in [-0.15, -0.1) is 0 Å². The Hall–Kier alpha value is -2.60. The molecule has 0 aromatic heterocycles. The van der Waals surface area contributed by atoms with Crippen LogP contribution in [0.5, 0.6) is 11.5 Å². The van der Waals surface area contributed by atoms with Crippen molar-refractivity contribution in [2.45, 2.75) is 13.2 Å². The van der Waals surface area contributed by atoms with Gasteiger partial charge in [-0.2, -0.15) is 0 Å². The minimum atomic E-state index is 0.375. The highest BCUT2D eigenvalue weighted by molar-refractivity contribution is 6.31. The molecule has 1 aliphatic heterocycles. The van der Waals surface area contributed by atoms with Crippen LogP contribution in [0.3, 0.4) is 0 Å². The number of ether oxygens (including phenoxy) is 3. The number of rotatable bonds is 8. The van der Waals surface area contributed by atoms with Crippen molar-refractivity contribution in [3.05, 3.63) is 81.8 Å². The molecule has 1 fully saturated rings. The van der Waals surface area contributed by atoms with Gasteiger partial charge in [0.25, 0.3) is 0 Å². The number of hydrogen-bond donors (Lipinski definition) is 1. The third kappa shape index (κ3) is 5.80. The predicted molar refractivity (Wildman–Crippen MR) is 131 cm³/mol. The molecule has 0 spiro atoms. The molecule has 1 heterocycles. The fraction of sp³-hybridized carbons (Fsp3) is 0.280. The van der Waals surface area contributed by atoms with Crippen LogP contribution in [0, 0.1) is 0 Å². The Morgan fingerprint density at radius 2 is 1.75 bits per heavy atom. The number of hydrogen-bond acceptors (Lipinski definition) is 5. The minimum absolute atomic E-state index is 0.375. The van der Waals surface area contributed by atoms with Gasteiger partial charge in [-0.3, -0.25) is 0 Å². The summed E-state index contributed by atoms with van der Waals surface area (Å²) in [6.07, 6.45) is 0. The average molecular weight is 473 g/mol. The van der Waals surface area contributed by atoms with E-state index < -0.39 is 0 Å². The molecule has 32 heavy (non-hydrogen) atoms. The van der Waals surface area contributed by atoms with Crippen molar-refractivity contribution in [1.82, 2.24) is 0 Å². The van der Waals surface area contributed by atoms with E-state index in [9.17, 15) is 0 Å². The molecule has 3 aromatic rings. The Morgan fingerprint density at radius 3 is 2.47 bits per heavy atom. The maximum Gasteiger partial charge on any atom is 0.163 e. The van der Waals surface area contributed by atoms with E-state index in [-0.39, 0.29) is 0 Å². The normalized spacial score (nSPS) is 13.7. The topological polar surface area (TPSA) is 43.0 Å². The van der Waals surface area contributed by atoms with E-state index in [0.29, 0.717) is 34.7 Å². The van der Waals surface area contributed by atoms with Crippen molar-refractivity contribution in [2.75, 3.05) is 43.6 Å². The summed E-state index contributed by atoms with van der Waals surface area (Å²) in [5, 5.41) is 4.72. The first-order valence-electron chi connectivity index (χ1n) is 10.5. The van der Waals surface area contributed by atoms with Crippen LogP contribution in [-0.2, 0) is 17.9 Å². The zero-order chi connectivity index (χ0) is 22.3. The number of nitrogens with one attached hydrogen (secondary N) is 1. The Bertz CT molecular complexity index is 1040. The van der Waals surface area contributed by atoms with Crippen LogP contribution in [0.15, 0.2) is 60.7 Å². The summed E-state index contributed by atoms with van der Waals surface area (Å²) < 4.78 is 16.9. The lowest BCUT2D eigenvalue weighted by molar-refractivity contribution is 0.122. The molecule has 0 radical (unpaired) electrons. The summed E-state index contributed by atoms with van der Waals surface area (Å²) in [4.78, 5) is 2.33. The third-order valence-corrected chi connectivity index (χ3v) is 5.93. The summed E-state index contributed by atoms with van der Waals surface area (Å²) in [5.41, 5.74) is 4.14. The molecule has 7 heteroatoms. The number of halogens is 2. The van der Waals surface area contributed by atoms with Crippen LogP contribution >= 0.6 is 23.2 Å². The molecule has 0 bridgehead atoms. The van der Waals surface area contributed by atoms with Crippen molar-refractivity contribution >= 4 is 34.6 Å². The van der Waals surface area contributed by atoms with Crippen LogP contribution in [0.4, 0.5) is 11.4 Å². The highest BCUT2D eigenvalue weighted by atomic mass is 35.5. The minimum Gasteiger partial charge on any atom is -0.493 e. The first-order chi connectivity index (χ1) is 15.6. The van der Waals surface area contributed by atoms with E-state index in [2.05, 4.69) is 34.5 Å². The van der Waals surface area contributed by atoms with Crippen LogP contribution in [0.25, 0.3) is 0 Å². The molecule has 5 nitrogen and oxygen atoms in total. The molecule has 0 saturated carbocycles. The number of methoxy groups -OCH3 is 1. The fourth-order valence-corrected chi connectivity index (χ4v) is 4.02. The Balaban J connectivity index is 1.39. The lowest BCUT2D eigenvalue weighted by Gasteiger charge is -2.29. The second-order valence-corrected chi connectivity index (χ2v) is 8.36. The summed E-state index contributed by atoms with van der Waals surface area (Å²) >= 11 is 12.6. The quantitative estimate of drug-likeness (QED) is 0.433. The third-order valence-electron chi connectivity index (χ3n) is 5.34. The maximum atomic E-state index is 6.54. The van der Waals surface area contributed by atoms with Gasteiger partial charge in [-0.05, 0) is 53.6 Å². The highest BCUT2D eigenvalue weighted by Gasteiger charge is 2.13. The zero-order valence-electron chi connectivity index (χ0n) is 17.9. The van der Waals surface area contributed by atoms with Gasteiger partial charge in [-0.1, -0.05) is 35.3 Å². The molecule has 168 valence electrons. The highest BCUT2D eigenvalue weighted by Crippen LogP contribution is 2.34. The van der Waals surface area contributed by atoms with Crippen LogP contribution < -0.4 is 19.7 Å². The van der Waals surface area contributed by atoms with E-state index in [1.165, 1.54) is 5.69 Å². The molecule has 0 atom stereocenters. The molecular formula is C25H26Cl2N2O3. The van der Waals surface area contributed by atoms with Crippen molar-refractivity contribution in [3.63, 3.8) is 0 Å². The van der Waals surface area contributed by atoms with Gasteiger partial charge in [0.1, 0.15) is 6.61 Å². The van der Waals surface area contributed by atoms with Crippen LogP contribution in [-0.4, -0.2) is 33.4 Å². The van der Waals surface area contributed by atoms with Crippen molar-refractivity contribution in [1.29, 1.82) is 0 Å². The van der Waals surface area contributed by atoms with E-state index in [4.69, 9.17) is 37.4 Å². The smallest absolute Gasteiger partial charge is 0.163 e. The molecule has 1 aliphatic rings. The van der Waals surface area contributed by atoms with Crippen LogP contribution in [0.1, 0.15) is 11.1 Å². The number of benzene rings is 3. The van der Waals surface area contributed by atoms with Crippen molar-refractivity contribution < 1.29 is 14.2 Å². The predicted octanol–water partition coefficient (Wildman–Crippen LogP) is 6.03. The summed E-state index contributed by atoms with van der Waals surface area (Å²) in [6.45, 7) is 4.35. The molecule has 0 unspecified atom stereocenters. The standard InChI is InChI=1S/C25H26Cl2N2O3/c1-30-24-14-19(23(27)15-25(24)32-17-18-3-2-4-20(26)13-18)16-28-21-5-7-22(8-6-21)29-9-11-31-12-10-29/h2-8,13-15,28H,9-12,16-17H2,1H3. The van der Waals surface area contributed by atoms with E-state index >= 15 is 0 Å². The number of morpholine rings is 1. The van der Waals surface area contributed by atoms with Gasteiger partial charge in [0.05, 0.1) is 20.3 Å². The summed E-state index contributed by atoms with van der Waals surface area (Å²) in [6, 6.07) is 19.7. The second-order valence-electron chi connectivity index (χ2n) is 7.51. The molecule has 0 amide bonds. The first kappa shape index (κ1) is 22.6. The lowest BCUT2D eigenvalue weighted by atomic mass is 10.1. The second kappa shape index (κ2) is 10.8. The van der Waals surface area contributed by atoms with Gasteiger partial charge >= 0.3 is 0 Å². The Labute approximate surface area is 198 Å². The summed E-state index contributed by atoms with van der Waals surface area (Å²) in [7, 11) is 1.62. The molecule has 1 N–H and O–H groups in total. The lowest BCUT2D eigenvalue weighted by Crippen LogP contribution is -2.36. The largest absolute Gasteiger partial charge is 0.493 e. The molecule has 1 saturated heterocycles. The van der Waals surface area contributed by atoms with Crippen molar-refractivity contribution in [2.24, 2.45) is 0 Å². The van der Waals surface area contributed by atoms with Gasteiger partial charge in [-0.25, -0.2) is 0 Å². The fourth-order valence-electron chi connectivity index (χ4n) is 3.58. The van der Waals surface area contributed by atoms with E-state index in [0.717, 1.165) is 43.1 Å². The zero-order valence-corrected chi connectivity index (χ0v) is 19.5. The average Bonchev–Trinajstić information content (AvgIpc) is 2.83. The number of nitrogens with zero attached hydrogens (tertiary/aromatic N) is 1. The molecule has 4 rings (SSSR count). The van der Waals surface area contributed by atoms with Crippen molar-refractivity contribution in [3.8, 4) is 11.5 Å².